The van der Waals surface area contributed by atoms with Crippen LogP contribution in [0.1, 0.15) is 28.0 Å². The number of methoxy groups -OCH3 is 1. The second-order valence-electron chi connectivity index (χ2n) is 6.34. The SMILES string of the molecule is COC[C@@H]1C[C@@H](N2Cc3cnc(-n4ccc(C#N)n4)cc3C2=O)CN1. The van der Waals surface area contributed by atoms with Crippen LogP contribution < -0.4 is 5.32 Å². The van der Waals surface area contributed by atoms with Crippen LogP contribution in [0, 0.1) is 11.3 Å². The normalized spacial score (nSPS) is 22.2. The quantitative estimate of drug-likeness (QED) is 0.871. The largest absolute Gasteiger partial charge is 0.383 e. The molecule has 2 atom stereocenters. The lowest BCUT2D eigenvalue weighted by Crippen LogP contribution is -2.36. The van der Waals surface area contributed by atoms with E-state index in [1.54, 1.807) is 31.6 Å². The number of pyridine rings is 1. The molecule has 0 aromatic carbocycles. The summed E-state index contributed by atoms with van der Waals surface area (Å²) in [4.78, 5) is 19.1. The summed E-state index contributed by atoms with van der Waals surface area (Å²) in [7, 11) is 1.69. The molecule has 0 unspecified atom stereocenters. The molecule has 2 aliphatic rings. The highest BCUT2D eigenvalue weighted by Gasteiger charge is 2.37. The molecule has 0 radical (unpaired) electrons. The molecule has 1 amide bonds. The number of hydrogen-bond donors (Lipinski definition) is 1. The van der Waals surface area contributed by atoms with E-state index < -0.39 is 0 Å². The zero-order valence-corrected chi connectivity index (χ0v) is 13.8. The van der Waals surface area contributed by atoms with Crippen LogP contribution in [-0.4, -0.2) is 57.9 Å². The van der Waals surface area contributed by atoms with Crippen LogP contribution in [-0.2, 0) is 11.3 Å². The fourth-order valence-electron chi connectivity index (χ4n) is 3.50. The molecule has 2 aromatic rings. The standard InChI is InChI=1S/C17H18N6O2/c1-25-10-13-4-14(8-19-13)22-9-11-7-20-16(5-15(11)17(22)24)23-3-2-12(6-18)21-23/h2-3,5,7,13-14,19H,4,8-10H2,1H3/t13-,14+/m0/s1. The van der Waals surface area contributed by atoms with Crippen LogP contribution in [0.2, 0.25) is 0 Å². The number of hydrogen-bond acceptors (Lipinski definition) is 6. The monoisotopic (exact) mass is 338 g/mol. The van der Waals surface area contributed by atoms with Crippen molar-refractivity contribution in [3.63, 3.8) is 0 Å². The molecule has 25 heavy (non-hydrogen) atoms. The van der Waals surface area contributed by atoms with E-state index in [2.05, 4.69) is 15.4 Å². The molecule has 1 fully saturated rings. The van der Waals surface area contributed by atoms with Gasteiger partial charge in [-0.25, -0.2) is 9.67 Å². The third-order valence-electron chi connectivity index (χ3n) is 4.75. The van der Waals surface area contributed by atoms with Crippen molar-refractivity contribution in [2.45, 2.75) is 25.0 Å². The fraction of sp³-hybridized carbons (Fsp3) is 0.412. The summed E-state index contributed by atoms with van der Waals surface area (Å²) in [5, 5.41) is 16.4. The lowest BCUT2D eigenvalue weighted by atomic mass is 10.1. The zero-order valence-electron chi connectivity index (χ0n) is 13.8. The first-order valence-corrected chi connectivity index (χ1v) is 8.18. The van der Waals surface area contributed by atoms with Gasteiger partial charge in [-0.1, -0.05) is 0 Å². The van der Waals surface area contributed by atoms with Gasteiger partial charge in [0.15, 0.2) is 11.5 Å². The van der Waals surface area contributed by atoms with Crippen LogP contribution in [0.3, 0.4) is 0 Å². The first-order valence-electron chi connectivity index (χ1n) is 8.18. The molecular weight excluding hydrogens is 320 g/mol. The van der Waals surface area contributed by atoms with Gasteiger partial charge in [-0.05, 0) is 18.6 Å². The molecule has 8 nitrogen and oxygen atoms in total. The van der Waals surface area contributed by atoms with E-state index in [9.17, 15) is 4.79 Å². The molecule has 4 heterocycles. The summed E-state index contributed by atoms with van der Waals surface area (Å²) in [6, 6.07) is 5.80. The number of carbonyl (C=O) groups excluding carboxylic acids is 1. The number of rotatable bonds is 4. The van der Waals surface area contributed by atoms with Gasteiger partial charge in [-0.3, -0.25) is 4.79 Å². The van der Waals surface area contributed by atoms with Gasteiger partial charge in [0.25, 0.3) is 5.91 Å². The van der Waals surface area contributed by atoms with Crippen molar-refractivity contribution in [2.24, 2.45) is 0 Å². The van der Waals surface area contributed by atoms with Crippen molar-refractivity contribution in [3.05, 3.63) is 41.3 Å². The number of nitriles is 1. The molecule has 0 aliphatic carbocycles. The zero-order chi connectivity index (χ0) is 17.4. The van der Waals surface area contributed by atoms with Crippen molar-refractivity contribution in [2.75, 3.05) is 20.3 Å². The summed E-state index contributed by atoms with van der Waals surface area (Å²) in [6.07, 6.45) is 4.28. The Morgan fingerprint density at radius 3 is 3.16 bits per heavy atom. The summed E-state index contributed by atoms with van der Waals surface area (Å²) >= 11 is 0. The third-order valence-corrected chi connectivity index (χ3v) is 4.75. The number of nitrogens with zero attached hydrogens (tertiary/aromatic N) is 5. The Labute approximate surface area is 145 Å². The molecule has 0 saturated carbocycles. The van der Waals surface area contributed by atoms with E-state index in [1.165, 1.54) is 4.68 Å². The molecule has 8 heteroatoms. The van der Waals surface area contributed by atoms with Crippen molar-refractivity contribution >= 4 is 5.91 Å². The number of carbonyl (C=O) groups is 1. The highest BCUT2D eigenvalue weighted by molar-refractivity contribution is 5.98. The minimum absolute atomic E-state index is 0.0242. The van der Waals surface area contributed by atoms with E-state index in [0.717, 1.165) is 18.5 Å². The van der Waals surface area contributed by atoms with Gasteiger partial charge in [0, 0.05) is 55.8 Å². The average molecular weight is 338 g/mol. The molecule has 1 N–H and O–H groups in total. The van der Waals surface area contributed by atoms with E-state index in [0.29, 0.717) is 30.2 Å². The van der Waals surface area contributed by atoms with Crippen molar-refractivity contribution in [1.82, 2.24) is 25.0 Å². The van der Waals surface area contributed by atoms with Gasteiger partial charge in [0.05, 0.1) is 6.61 Å². The summed E-state index contributed by atoms with van der Waals surface area (Å²) in [5.74, 6) is 0.563. The average Bonchev–Trinajstić information content (AvgIpc) is 3.34. The van der Waals surface area contributed by atoms with E-state index in [-0.39, 0.29) is 18.0 Å². The molecule has 0 spiro atoms. The molecule has 2 aliphatic heterocycles. The molecule has 2 aromatic heterocycles. The summed E-state index contributed by atoms with van der Waals surface area (Å²) in [5.41, 5.74) is 1.90. The highest BCUT2D eigenvalue weighted by Crippen LogP contribution is 2.28. The maximum Gasteiger partial charge on any atom is 0.254 e. The summed E-state index contributed by atoms with van der Waals surface area (Å²) in [6.45, 7) is 2.01. The lowest BCUT2D eigenvalue weighted by Gasteiger charge is -2.23. The predicted octanol–water partition coefficient (Wildman–Crippen LogP) is 0.472. The van der Waals surface area contributed by atoms with Gasteiger partial charge in [0.1, 0.15) is 6.07 Å². The van der Waals surface area contributed by atoms with Crippen LogP contribution in [0.4, 0.5) is 0 Å². The number of nitrogens with one attached hydrogen (secondary N) is 1. The topological polar surface area (TPSA) is 96.1 Å². The Bertz CT molecular complexity index is 855. The van der Waals surface area contributed by atoms with Crippen LogP contribution in [0.5, 0.6) is 0 Å². The van der Waals surface area contributed by atoms with E-state index in [4.69, 9.17) is 10.00 Å². The second kappa shape index (κ2) is 6.27. The maximum absolute atomic E-state index is 12.9. The van der Waals surface area contributed by atoms with Gasteiger partial charge in [-0.15, -0.1) is 0 Å². The fourth-order valence-corrected chi connectivity index (χ4v) is 3.50. The Hall–Kier alpha value is -2.76. The Balaban J connectivity index is 1.55. The molecule has 4 rings (SSSR count). The number of fused-ring (bicyclic) bond motifs is 1. The van der Waals surface area contributed by atoms with Gasteiger partial charge < -0.3 is 15.0 Å². The first-order chi connectivity index (χ1) is 12.2. The Morgan fingerprint density at radius 2 is 2.40 bits per heavy atom. The Morgan fingerprint density at radius 1 is 1.52 bits per heavy atom. The van der Waals surface area contributed by atoms with Crippen LogP contribution in [0.25, 0.3) is 5.82 Å². The van der Waals surface area contributed by atoms with Gasteiger partial charge >= 0.3 is 0 Å². The van der Waals surface area contributed by atoms with Crippen LogP contribution in [0.15, 0.2) is 24.5 Å². The smallest absolute Gasteiger partial charge is 0.254 e. The predicted molar refractivity (Wildman–Crippen MR) is 88.0 cm³/mol. The van der Waals surface area contributed by atoms with Crippen molar-refractivity contribution in [3.8, 4) is 11.9 Å². The lowest BCUT2D eigenvalue weighted by molar-refractivity contribution is 0.0711. The molecular formula is C17H18N6O2. The van der Waals surface area contributed by atoms with E-state index >= 15 is 0 Å². The first kappa shape index (κ1) is 15.7. The van der Waals surface area contributed by atoms with Crippen molar-refractivity contribution in [1.29, 1.82) is 5.26 Å². The number of ether oxygens (including phenoxy) is 1. The molecule has 1 saturated heterocycles. The number of amides is 1. The Kier molecular flexibility index (Phi) is 3.95. The van der Waals surface area contributed by atoms with Crippen molar-refractivity contribution < 1.29 is 9.53 Å². The van der Waals surface area contributed by atoms with Crippen LogP contribution >= 0.6 is 0 Å². The second-order valence-corrected chi connectivity index (χ2v) is 6.34. The molecule has 0 bridgehead atoms. The third kappa shape index (κ3) is 2.77. The van der Waals surface area contributed by atoms with E-state index in [1.807, 2.05) is 11.0 Å². The number of aromatic nitrogens is 3. The highest BCUT2D eigenvalue weighted by atomic mass is 16.5. The minimum Gasteiger partial charge on any atom is -0.383 e. The molecule has 128 valence electrons. The van der Waals surface area contributed by atoms with Gasteiger partial charge in [0.2, 0.25) is 0 Å². The minimum atomic E-state index is 0.0242. The summed E-state index contributed by atoms with van der Waals surface area (Å²) < 4.78 is 6.71. The maximum atomic E-state index is 12.9. The van der Waals surface area contributed by atoms with Gasteiger partial charge in [-0.2, -0.15) is 10.4 Å².